The fraction of sp³-hybridized carbons (Fsp3) is 0.350. The average Bonchev–Trinajstić information content (AvgIpc) is 2.57. The molecule has 0 fully saturated rings. The normalized spacial score (nSPS) is 16.3. The Kier molecular flexibility index (Phi) is 5.49. The van der Waals surface area contributed by atoms with Crippen molar-refractivity contribution in [2.24, 2.45) is 0 Å². The van der Waals surface area contributed by atoms with Crippen LogP contribution in [-0.4, -0.2) is 24.6 Å². The van der Waals surface area contributed by atoms with Gasteiger partial charge in [0.1, 0.15) is 12.4 Å². The van der Waals surface area contributed by atoms with Crippen molar-refractivity contribution < 1.29 is 9.53 Å². The van der Waals surface area contributed by atoms with E-state index in [4.69, 9.17) is 16.3 Å². The Balaban J connectivity index is 1.87. The van der Waals surface area contributed by atoms with Gasteiger partial charge >= 0.3 is 0 Å². The number of ether oxygens (including phenoxy) is 1. The van der Waals surface area contributed by atoms with Crippen LogP contribution in [0.5, 0.6) is 5.75 Å². The molecule has 1 heterocycles. The highest BCUT2D eigenvalue weighted by Crippen LogP contribution is 2.37. The van der Waals surface area contributed by atoms with Crippen molar-refractivity contribution >= 4 is 23.2 Å². The number of amides is 1. The minimum absolute atomic E-state index is 0.0344. The van der Waals surface area contributed by atoms with E-state index in [0.717, 1.165) is 11.4 Å². The highest BCUT2D eigenvalue weighted by atomic mass is 35.5. The number of nitrogens with zero attached hydrogens (tertiary/aromatic N) is 1. The summed E-state index contributed by atoms with van der Waals surface area (Å²) in [7, 11) is 0. The molecule has 5 heteroatoms. The summed E-state index contributed by atoms with van der Waals surface area (Å²) in [5.74, 6) is 0.841. The summed E-state index contributed by atoms with van der Waals surface area (Å²) in [6.07, 6.45) is 0.386. The first kappa shape index (κ1) is 17.6. The zero-order chi connectivity index (χ0) is 17.8. The molecule has 2 aromatic rings. The summed E-state index contributed by atoms with van der Waals surface area (Å²) in [6, 6.07) is 15.9. The van der Waals surface area contributed by atoms with Crippen molar-refractivity contribution in [3.05, 3.63) is 59.1 Å². The third-order valence-corrected chi connectivity index (χ3v) is 4.40. The molecule has 0 spiro atoms. The van der Waals surface area contributed by atoms with Crippen molar-refractivity contribution in [3.8, 4) is 5.75 Å². The van der Waals surface area contributed by atoms with Gasteiger partial charge < -0.3 is 15.0 Å². The number of carbonyl (C=O) groups is 1. The lowest BCUT2D eigenvalue weighted by atomic mass is 10.1. The molecule has 2 aromatic carbocycles. The maximum absolute atomic E-state index is 12.3. The number of anilines is 1. The SMILES string of the molecule is CC(C)NC(=O)CC1COc2ccc(Cl)cc2N1Cc1ccccc1. The minimum Gasteiger partial charge on any atom is -0.489 e. The summed E-state index contributed by atoms with van der Waals surface area (Å²) in [5, 5.41) is 3.62. The first-order valence-electron chi connectivity index (χ1n) is 8.55. The van der Waals surface area contributed by atoms with Gasteiger partial charge in [-0.05, 0) is 37.6 Å². The summed E-state index contributed by atoms with van der Waals surface area (Å²) in [5.41, 5.74) is 2.12. The standard InChI is InChI=1S/C20H23ClN2O2/c1-14(2)22-20(24)11-17-13-25-19-9-8-16(21)10-18(19)23(17)12-15-6-4-3-5-7-15/h3-10,14,17H,11-13H2,1-2H3,(H,22,24). The van der Waals surface area contributed by atoms with Crippen molar-refractivity contribution in [2.75, 3.05) is 11.5 Å². The van der Waals surface area contributed by atoms with Crippen LogP contribution in [0.25, 0.3) is 0 Å². The van der Waals surface area contributed by atoms with Crippen LogP contribution >= 0.6 is 11.6 Å². The number of fused-ring (bicyclic) bond motifs is 1. The third-order valence-electron chi connectivity index (χ3n) is 4.17. The first-order valence-corrected chi connectivity index (χ1v) is 8.93. The summed E-state index contributed by atoms with van der Waals surface area (Å²) in [6.45, 7) is 5.11. The zero-order valence-corrected chi connectivity index (χ0v) is 15.3. The van der Waals surface area contributed by atoms with Crippen LogP contribution in [0.3, 0.4) is 0 Å². The smallest absolute Gasteiger partial charge is 0.222 e. The van der Waals surface area contributed by atoms with Crippen LogP contribution in [0.4, 0.5) is 5.69 Å². The van der Waals surface area contributed by atoms with Crippen LogP contribution in [0.2, 0.25) is 5.02 Å². The lowest BCUT2D eigenvalue weighted by Crippen LogP contribution is -2.46. The molecule has 25 heavy (non-hydrogen) atoms. The van der Waals surface area contributed by atoms with Gasteiger partial charge in [-0.3, -0.25) is 4.79 Å². The Morgan fingerprint density at radius 3 is 2.76 bits per heavy atom. The predicted molar refractivity (Wildman–Crippen MR) is 101 cm³/mol. The Hall–Kier alpha value is -2.20. The van der Waals surface area contributed by atoms with Gasteiger partial charge in [0.25, 0.3) is 0 Å². The fourth-order valence-corrected chi connectivity index (χ4v) is 3.23. The van der Waals surface area contributed by atoms with Gasteiger partial charge in [-0.25, -0.2) is 0 Å². The molecular weight excluding hydrogens is 336 g/mol. The van der Waals surface area contributed by atoms with Crippen molar-refractivity contribution in [1.82, 2.24) is 5.32 Å². The molecule has 1 atom stereocenters. The number of hydrogen-bond acceptors (Lipinski definition) is 3. The zero-order valence-electron chi connectivity index (χ0n) is 14.5. The van der Waals surface area contributed by atoms with E-state index in [0.29, 0.717) is 24.6 Å². The molecule has 4 nitrogen and oxygen atoms in total. The Morgan fingerprint density at radius 2 is 2.04 bits per heavy atom. The number of rotatable bonds is 5. The molecule has 0 aromatic heterocycles. The molecule has 1 aliphatic heterocycles. The van der Waals surface area contributed by atoms with E-state index < -0.39 is 0 Å². The van der Waals surface area contributed by atoms with E-state index in [2.05, 4.69) is 22.3 Å². The predicted octanol–water partition coefficient (Wildman–Crippen LogP) is 4.02. The van der Waals surface area contributed by atoms with E-state index in [9.17, 15) is 4.79 Å². The minimum atomic E-state index is -0.0371. The number of carbonyl (C=O) groups excluding carboxylic acids is 1. The Bertz CT molecular complexity index is 734. The van der Waals surface area contributed by atoms with E-state index in [1.807, 2.05) is 50.2 Å². The van der Waals surface area contributed by atoms with Crippen LogP contribution in [0, 0.1) is 0 Å². The third kappa shape index (κ3) is 4.45. The molecule has 1 amide bonds. The largest absolute Gasteiger partial charge is 0.489 e. The molecule has 0 saturated carbocycles. The van der Waals surface area contributed by atoms with Crippen molar-refractivity contribution in [3.63, 3.8) is 0 Å². The first-order chi connectivity index (χ1) is 12.0. The molecule has 3 rings (SSSR count). The van der Waals surface area contributed by atoms with Gasteiger partial charge in [0.05, 0.1) is 18.2 Å². The van der Waals surface area contributed by atoms with Gasteiger partial charge in [-0.2, -0.15) is 0 Å². The van der Waals surface area contributed by atoms with E-state index in [-0.39, 0.29) is 18.0 Å². The van der Waals surface area contributed by atoms with Crippen LogP contribution in [0.15, 0.2) is 48.5 Å². The molecule has 132 valence electrons. The average molecular weight is 359 g/mol. The van der Waals surface area contributed by atoms with Gasteiger partial charge in [-0.1, -0.05) is 41.9 Å². The molecule has 1 unspecified atom stereocenters. The summed E-state index contributed by atoms with van der Waals surface area (Å²) < 4.78 is 5.88. The van der Waals surface area contributed by atoms with E-state index in [1.165, 1.54) is 5.56 Å². The Labute approximate surface area is 153 Å². The van der Waals surface area contributed by atoms with Gasteiger partial charge in [0, 0.05) is 17.6 Å². The number of nitrogens with one attached hydrogen (secondary N) is 1. The molecule has 1 N–H and O–H groups in total. The summed E-state index contributed by atoms with van der Waals surface area (Å²) in [4.78, 5) is 14.5. The topological polar surface area (TPSA) is 41.6 Å². The lowest BCUT2D eigenvalue weighted by Gasteiger charge is -2.38. The monoisotopic (exact) mass is 358 g/mol. The van der Waals surface area contributed by atoms with Crippen LogP contribution in [-0.2, 0) is 11.3 Å². The van der Waals surface area contributed by atoms with Gasteiger partial charge in [0.15, 0.2) is 0 Å². The maximum Gasteiger partial charge on any atom is 0.222 e. The second kappa shape index (κ2) is 7.79. The summed E-state index contributed by atoms with van der Waals surface area (Å²) >= 11 is 6.21. The molecule has 0 aliphatic carbocycles. The lowest BCUT2D eigenvalue weighted by molar-refractivity contribution is -0.122. The number of benzene rings is 2. The quantitative estimate of drug-likeness (QED) is 0.877. The molecule has 0 bridgehead atoms. The van der Waals surface area contributed by atoms with Crippen LogP contribution in [0.1, 0.15) is 25.8 Å². The fourth-order valence-electron chi connectivity index (χ4n) is 3.07. The van der Waals surface area contributed by atoms with Crippen LogP contribution < -0.4 is 15.0 Å². The molecular formula is C20H23ClN2O2. The highest BCUT2D eigenvalue weighted by molar-refractivity contribution is 6.31. The molecule has 1 aliphatic rings. The maximum atomic E-state index is 12.3. The second-order valence-electron chi connectivity index (χ2n) is 6.62. The van der Waals surface area contributed by atoms with E-state index >= 15 is 0 Å². The van der Waals surface area contributed by atoms with Gasteiger partial charge in [0.2, 0.25) is 5.91 Å². The highest BCUT2D eigenvalue weighted by Gasteiger charge is 2.29. The van der Waals surface area contributed by atoms with Crippen molar-refractivity contribution in [1.29, 1.82) is 0 Å². The van der Waals surface area contributed by atoms with Crippen molar-refractivity contribution in [2.45, 2.75) is 38.9 Å². The number of hydrogen-bond donors (Lipinski definition) is 1. The molecule has 0 radical (unpaired) electrons. The van der Waals surface area contributed by atoms with Gasteiger partial charge in [-0.15, -0.1) is 0 Å². The second-order valence-corrected chi connectivity index (χ2v) is 7.05. The molecule has 0 saturated heterocycles. The number of halogens is 1. The van der Waals surface area contributed by atoms with E-state index in [1.54, 1.807) is 0 Å². The Morgan fingerprint density at radius 1 is 1.28 bits per heavy atom.